The maximum absolute atomic E-state index is 6.08. The molecule has 0 spiro atoms. The number of hydrogen-bond donors (Lipinski definition) is 1. The van der Waals surface area contributed by atoms with Crippen molar-refractivity contribution in [1.82, 2.24) is 4.98 Å². The van der Waals surface area contributed by atoms with Gasteiger partial charge >= 0.3 is 0 Å². The fraction of sp³-hybridized carbons (Fsp3) is 0.100. The molecule has 90 valence electrons. The number of rotatable bonds is 3. The van der Waals surface area contributed by atoms with Gasteiger partial charge in [-0.2, -0.15) is 0 Å². The maximum atomic E-state index is 6.08. The SMILES string of the molecule is Clc1ncc(CNc2cc(Cl)c(Br)cc2Cl)s1. The monoisotopic (exact) mass is 370 g/mol. The van der Waals surface area contributed by atoms with Gasteiger partial charge in [0.15, 0.2) is 4.47 Å². The van der Waals surface area contributed by atoms with E-state index in [1.165, 1.54) is 11.3 Å². The summed E-state index contributed by atoms with van der Waals surface area (Å²) in [5.41, 5.74) is 0.782. The molecule has 0 aliphatic carbocycles. The van der Waals surface area contributed by atoms with Gasteiger partial charge < -0.3 is 5.32 Å². The third-order valence-corrected chi connectivity index (χ3v) is 4.61. The Morgan fingerprint density at radius 2 is 2.00 bits per heavy atom. The van der Waals surface area contributed by atoms with Crippen LogP contribution in [0.15, 0.2) is 22.8 Å². The summed E-state index contributed by atoms with van der Waals surface area (Å²) >= 11 is 22.6. The molecule has 17 heavy (non-hydrogen) atoms. The molecule has 1 N–H and O–H groups in total. The first kappa shape index (κ1) is 13.4. The molecule has 2 nitrogen and oxygen atoms in total. The molecule has 2 aromatic rings. The second-order valence-corrected chi connectivity index (χ2v) is 6.55. The Kier molecular flexibility index (Phi) is 4.55. The van der Waals surface area contributed by atoms with E-state index in [9.17, 15) is 0 Å². The van der Waals surface area contributed by atoms with Gasteiger partial charge in [-0.05, 0) is 28.1 Å². The Labute approximate surface area is 126 Å². The van der Waals surface area contributed by atoms with Gasteiger partial charge in [0.25, 0.3) is 0 Å². The lowest BCUT2D eigenvalue weighted by molar-refractivity contribution is 1.17. The van der Waals surface area contributed by atoms with E-state index in [2.05, 4.69) is 26.2 Å². The molecule has 0 saturated heterocycles. The predicted octanol–water partition coefficient (Wildman–Crippen LogP) is 5.48. The van der Waals surface area contributed by atoms with Gasteiger partial charge in [-0.3, -0.25) is 0 Å². The van der Waals surface area contributed by atoms with E-state index in [0.717, 1.165) is 15.0 Å². The summed E-state index contributed by atoms with van der Waals surface area (Å²) in [4.78, 5) is 4.99. The molecule has 1 heterocycles. The minimum atomic E-state index is 0.529. The molecule has 1 aromatic heterocycles. The van der Waals surface area contributed by atoms with Crippen molar-refractivity contribution in [3.05, 3.63) is 42.2 Å². The van der Waals surface area contributed by atoms with Crippen LogP contribution in [-0.4, -0.2) is 4.98 Å². The van der Waals surface area contributed by atoms with E-state index in [4.69, 9.17) is 34.8 Å². The van der Waals surface area contributed by atoms with Gasteiger partial charge in [0.1, 0.15) is 0 Å². The summed E-state index contributed by atoms with van der Waals surface area (Å²) in [6.07, 6.45) is 1.73. The third kappa shape index (κ3) is 3.48. The predicted molar refractivity (Wildman–Crippen MR) is 78.6 cm³/mol. The second kappa shape index (κ2) is 5.76. The van der Waals surface area contributed by atoms with Crippen molar-refractivity contribution in [3.63, 3.8) is 0 Å². The van der Waals surface area contributed by atoms with Crippen LogP contribution in [0.5, 0.6) is 0 Å². The number of aromatic nitrogens is 1. The highest BCUT2D eigenvalue weighted by molar-refractivity contribution is 9.10. The molecular weight excluding hydrogens is 366 g/mol. The van der Waals surface area contributed by atoms with Crippen LogP contribution >= 0.6 is 62.1 Å². The first-order valence-electron chi connectivity index (χ1n) is 4.55. The largest absolute Gasteiger partial charge is 0.379 e. The first-order chi connectivity index (χ1) is 8.06. The zero-order valence-electron chi connectivity index (χ0n) is 8.31. The molecule has 0 fully saturated rings. The molecular formula is C10H6BrCl3N2S. The molecule has 0 aliphatic heterocycles. The van der Waals surface area contributed by atoms with Crippen molar-refractivity contribution in [1.29, 1.82) is 0 Å². The van der Waals surface area contributed by atoms with Crippen molar-refractivity contribution in [2.75, 3.05) is 5.32 Å². The number of anilines is 1. The van der Waals surface area contributed by atoms with Gasteiger partial charge in [0.2, 0.25) is 0 Å². The van der Waals surface area contributed by atoms with E-state index in [0.29, 0.717) is 21.1 Å². The zero-order valence-corrected chi connectivity index (χ0v) is 13.0. The molecule has 0 bridgehead atoms. The van der Waals surface area contributed by atoms with Gasteiger partial charge in [-0.25, -0.2) is 4.98 Å². The van der Waals surface area contributed by atoms with Crippen molar-refractivity contribution in [2.45, 2.75) is 6.54 Å². The summed E-state index contributed by atoms with van der Waals surface area (Å²) < 4.78 is 1.30. The van der Waals surface area contributed by atoms with E-state index in [1.54, 1.807) is 18.3 Å². The fourth-order valence-corrected chi connectivity index (χ4v) is 2.99. The highest BCUT2D eigenvalue weighted by Crippen LogP contribution is 2.33. The Hall–Kier alpha value is -0.000000000000000139. The lowest BCUT2D eigenvalue weighted by Gasteiger charge is -2.08. The quantitative estimate of drug-likeness (QED) is 0.722. The lowest BCUT2D eigenvalue weighted by Crippen LogP contribution is -1.98. The van der Waals surface area contributed by atoms with Crippen LogP contribution in [0, 0.1) is 0 Å². The Morgan fingerprint density at radius 3 is 2.65 bits per heavy atom. The van der Waals surface area contributed by atoms with Gasteiger partial charge in [0.05, 0.1) is 22.3 Å². The number of hydrogen-bond acceptors (Lipinski definition) is 3. The standard InChI is InChI=1S/C10H6BrCl3N2S/c11-6-1-8(13)9(2-7(6)12)15-3-5-4-16-10(14)17-5/h1-2,4,15H,3H2. The Bertz CT molecular complexity index is 544. The smallest absolute Gasteiger partial charge is 0.183 e. The van der Waals surface area contributed by atoms with Crippen LogP contribution in [0.4, 0.5) is 5.69 Å². The molecule has 0 saturated carbocycles. The zero-order chi connectivity index (χ0) is 12.4. The highest BCUT2D eigenvalue weighted by Gasteiger charge is 2.06. The van der Waals surface area contributed by atoms with E-state index in [-0.39, 0.29) is 0 Å². The van der Waals surface area contributed by atoms with Gasteiger partial charge in [-0.1, -0.05) is 34.8 Å². The van der Waals surface area contributed by atoms with Crippen molar-refractivity contribution in [2.24, 2.45) is 0 Å². The average Bonchev–Trinajstić information content (AvgIpc) is 2.68. The maximum Gasteiger partial charge on any atom is 0.183 e. The minimum Gasteiger partial charge on any atom is -0.379 e. The van der Waals surface area contributed by atoms with Gasteiger partial charge in [-0.15, -0.1) is 11.3 Å². The van der Waals surface area contributed by atoms with Crippen molar-refractivity contribution < 1.29 is 0 Å². The molecule has 0 aliphatic rings. The number of thiazole rings is 1. The number of halogens is 4. The highest BCUT2D eigenvalue weighted by atomic mass is 79.9. The topological polar surface area (TPSA) is 24.9 Å². The Balaban J connectivity index is 2.11. The summed E-state index contributed by atoms with van der Waals surface area (Å²) in [6, 6.07) is 3.53. The normalized spacial score (nSPS) is 10.6. The second-order valence-electron chi connectivity index (χ2n) is 3.18. The van der Waals surface area contributed by atoms with Crippen LogP contribution in [0.3, 0.4) is 0 Å². The molecule has 0 radical (unpaired) electrons. The van der Waals surface area contributed by atoms with Crippen molar-refractivity contribution >= 4 is 67.8 Å². The third-order valence-electron chi connectivity index (χ3n) is 1.99. The Morgan fingerprint density at radius 1 is 1.24 bits per heavy atom. The molecule has 0 atom stereocenters. The summed E-state index contributed by atoms with van der Waals surface area (Å²) in [6.45, 7) is 0.613. The summed E-state index contributed by atoms with van der Waals surface area (Å²) in [7, 11) is 0. The van der Waals surface area contributed by atoms with Crippen LogP contribution in [-0.2, 0) is 6.54 Å². The number of nitrogens with one attached hydrogen (secondary N) is 1. The van der Waals surface area contributed by atoms with Crippen LogP contribution < -0.4 is 5.32 Å². The fourth-order valence-electron chi connectivity index (χ4n) is 1.21. The van der Waals surface area contributed by atoms with Crippen LogP contribution in [0.1, 0.15) is 4.88 Å². The molecule has 2 rings (SSSR count). The van der Waals surface area contributed by atoms with Gasteiger partial charge in [0, 0.05) is 15.5 Å². The molecule has 0 amide bonds. The molecule has 7 heteroatoms. The van der Waals surface area contributed by atoms with Crippen LogP contribution in [0.25, 0.3) is 0 Å². The molecule has 0 unspecified atom stereocenters. The minimum absolute atomic E-state index is 0.529. The van der Waals surface area contributed by atoms with E-state index in [1.807, 2.05) is 0 Å². The first-order valence-corrected chi connectivity index (χ1v) is 7.29. The molecule has 1 aromatic carbocycles. The lowest BCUT2D eigenvalue weighted by atomic mass is 10.3. The number of nitrogens with zero attached hydrogens (tertiary/aromatic N) is 1. The summed E-state index contributed by atoms with van der Waals surface area (Å²) in [5, 5.41) is 4.40. The van der Waals surface area contributed by atoms with E-state index < -0.39 is 0 Å². The van der Waals surface area contributed by atoms with E-state index >= 15 is 0 Å². The average molecular weight is 373 g/mol. The number of benzene rings is 1. The van der Waals surface area contributed by atoms with Crippen LogP contribution in [0.2, 0.25) is 14.5 Å². The summed E-state index contributed by atoms with van der Waals surface area (Å²) in [5.74, 6) is 0. The van der Waals surface area contributed by atoms with Crippen molar-refractivity contribution in [3.8, 4) is 0 Å².